The van der Waals surface area contributed by atoms with Gasteiger partial charge in [0.2, 0.25) is 0 Å². The lowest BCUT2D eigenvalue weighted by Gasteiger charge is -2.31. The van der Waals surface area contributed by atoms with E-state index in [9.17, 15) is 18.0 Å². The van der Waals surface area contributed by atoms with Gasteiger partial charge >= 0.3 is 6.18 Å². The minimum Gasteiger partial charge on any atom is -0.497 e. The first-order chi connectivity index (χ1) is 10.3. The van der Waals surface area contributed by atoms with Gasteiger partial charge in [0, 0.05) is 31.7 Å². The molecule has 1 fully saturated rings. The van der Waals surface area contributed by atoms with Crippen LogP contribution in [-0.2, 0) is 6.18 Å². The van der Waals surface area contributed by atoms with Crippen LogP contribution in [-0.4, -0.2) is 62.5 Å². The number of alkyl halides is 3. The molecule has 1 aromatic rings. The van der Waals surface area contributed by atoms with E-state index in [2.05, 4.69) is 4.90 Å². The molecule has 0 aliphatic carbocycles. The van der Waals surface area contributed by atoms with Crippen LogP contribution in [0.5, 0.6) is 5.75 Å². The zero-order chi connectivity index (χ0) is 16.3. The highest BCUT2D eigenvalue weighted by Gasteiger charge is 2.32. The monoisotopic (exact) mass is 316 g/mol. The summed E-state index contributed by atoms with van der Waals surface area (Å²) in [7, 11) is 3.28. The highest BCUT2D eigenvalue weighted by molar-refractivity contribution is 5.98. The molecule has 0 aromatic heterocycles. The van der Waals surface area contributed by atoms with Gasteiger partial charge in [-0.3, -0.25) is 9.69 Å². The van der Waals surface area contributed by atoms with E-state index in [4.69, 9.17) is 4.74 Å². The van der Waals surface area contributed by atoms with Crippen molar-refractivity contribution >= 4 is 5.78 Å². The van der Waals surface area contributed by atoms with Gasteiger partial charge in [-0.05, 0) is 25.2 Å². The molecule has 1 aliphatic rings. The molecule has 1 saturated heterocycles. The van der Waals surface area contributed by atoms with Crippen molar-refractivity contribution in [1.29, 1.82) is 0 Å². The van der Waals surface area contributed by atoms with E-state index < -0.39 is 11.7 Å². The number of likely N-dealkylation sites (N-methyl/N-ethyl adjacent to an activating group) is 1. The van der Waals surface area contributed by atoms with Crippen LogP contribution in [0.15, 0.2) is 18.2 Å². The Bertz CT molecular complexity index is 538. The fourth-order valence-electron chi connectivity index (χ4n) is 2.34. The number of nitrogens with zero attached hydrogens (tertiary/aromatic N) is 2. The van der Waals surface area contributed by atoms with E-state index in [1.54, 1.807) is 0 Å². The molecule has 7 heteroatoms. The summed E-state index contributed by atoms with van der Waals surface area (Å²) in [6.45, 7) is 3.29. The van der Waals surface area contributed by atoms with E-state index in [1.165, 1.54) is 13.2 Å². The van der Waals surface area contributed by atoms with Crippen LogP contribution in [0.3, 0.4) is 0 Å². The van der Waals surface area contributed by atoms with Crippen molar-refractivity contribution in [3.8, 4) is 5.75 Å². The van der Waals surface area contributed by atoms with Crippen molar-refractivity contribution in [3.63, 3.8) is 0 Å². The summed E-state index contributed by atoms with van der Waals surface area (Å²) in [5, 5.41) is 0. The smallest absolute Gasteiger partial charge is 0.416 e. The average molecular weight is 316 g/mol. The SMILES string of the molecule is COc1cc(C(=O)CN2CCN(C)CC2)cc(C(F)(F)F)c1. The lowest BCUT2D eigenvalue weighted by molar-refractivity contribution is -0.137. The fourth-order valence-corrected chi connectivity index (χ4v) is 2.34. The zero-order valence-corrected chi connectivity index (χ0v) is 12.6. The first-order valence-corrected chi connectivity index (χ1v) is 7.00. The Labute approximate surface area is 127 Å². The molecular weight excluding hydrogens is 297 g/mol. The molecule has 0 spiro atoms. The van der Waals surface area contributed by atoms with Crippen LogP contribution in [0, 0.1) is 0 Å². The minimum absolute atomic E-state index is 0.0330. The standard InChI is InChI=1S/C15H19F3N2O2/c1-19-3-5-20(6-4-19)10-14(21)11-7-12(15(16,17)18)9-13(8-11)22-2/h7-9H,3-6,10H2,1-2H3. The number of hydrogen-bond donors (Lipinski definition) is 0. The van der Waals surface area contributed by atoms with Crippen molar-refractivity contribution in [3.05, 3.63) is 29.3 Å². The van der Waals surface area contributed by atoms with Crippen molar-refractivity contribution < 1.29 is 22.7 Å². The molecule has 0 unspecified atom stereocenters. The van der Waals surface area contributed by atoms with Gasteiger partial charge in [-0.2, -0.15) is 13.2 Å². The third kappa shape index (κ3) is 4.20. The lowest BCUT2D eigenvalue weighted by atomic mass is 10.1. The quantitative estimate of drug-likeness (QED) is 0.797. The van der Waals surface area contributed by atoms with Gasteiger partial charge < -0.3 is 9.64 Å². The number of Topliss-reactive ketones (excluding diaryl/α,β-unsaturated/α-hetero) is 1. The van der Waals surface area contributed by atoms with Crippen molar-refractivity contribution in [2.75, 3.05) is 46.9 Å². The highest BCUT2D eigenvalue weighted by atomic mass is 19.4. The number of carbonyl (C=O) groups is 1. The molecule has 22 heavy (non-hydrogen) atoms. The van der Waals surface area contributed by atoms with E-state index in [0.29, 0.717) is 0 Å². The maximum Gasteiger partial charge on any atom is 0.416 e. The number of hydrogen-bond acceptors (Lipinski definition) is 4. The Kier molecular flexibility index (Phi) is 5.08. The van der Waals surface area contributed by atoms with Crippen molar-refractivity contribution in [1.82, 2.24) is 9.80 Å². The van der Waals surface area contributed by atoms with E-state index >= 15 is 0 Å². The maximum atomic E-state index is 12.9. The normalized spacial score (nSPS) is 17.5. The van der Waals surface area contributed by atoms with Crippen molar-refractivity contribution in [2.45, 2.75) is 6.18 Å². The van der Waals surface area contributed by atoms with Gasteiger partial charge in [0.15, 0.2) is 5.78 Å². The molecule has 4 nitrogen and oxygen atoms in total. The second-order valence-corrected chi connectivity index (χ2v) is 5.45. The molecule has 0 radical (unpaired) electrons. The largest absolute Gasteiger partial charge is 0.497 e. The summed E-state index contributed by atoms with van der Waals surface area (Å²) >= 11 is 0. The molecule has 0 saturated carbocycles. The van der Waals surface area contributed by atoms with Gasteiger partial charge in [-0.1, -0.05) is 0 Å². The first kappa shape index (κ1) is 16.8. The summed E-state index contributed by atoms with van der Waals surface area (Å²) < 4.78 is 43.5. The predicted molar refractivity (Wildman–Crippen MR) is 76.3 cm³/mol. The third-order valence-electron chi connectivity index (χ3n) is 3.75. The van der Waals surface area contributed by atoms with Gasteiger partial charge in [0.25, 0.3) is 0 Å². The summed E-state index contributed by atoms with van der Waals surface area (Å²) in [4.78, 5) is 16.4. The van der Waals surface area contributed by atoms with Gasteiger partial charge in [0.1, 0.15) is 5.75 Å². The Morgan fingerprint density at radius 2 is 1.82 bits per heavy atom. The molecule has 1 aliphatic heterocycles. The van der Waals surface area contributed by atoms with Crippen LogP contribution in [0.25, 0.3) is 0 Å². The van der Waals surface area contributed by atoms with Gasteiger partial charge in [0.05, 0.1) is 19.2 Å². The Morgan fingerprint density at radius 1 is 1.18 bits per heavy atom. The van der Waals surface area contributed by atoms with Gasteiger partial charge in [-0.25, -0.2) is 0 Å². The molecule has 1 heterocycles. The van der Waals surface area contributed by atoms with E-state index in [1.807, 2.05) is 11.9 Å². The van der Waals surface area contributed by atoms with Crippen LogP contribution in [0.4, 0.5) is 13.2 Å². The summed E-state index contributed by atoms with van der Waals surface area (Å²) in [5.41, 5.74) is -0.834. The number of piperazine rings is 1. The zero-order valence-electron chi connectivity index (χ0n) is 12.6. The molecular formula is C15H19F3N2O2. The molecule has 1 aromatic carbocycles. The fraction of sp³-hybridized carbons (Fsp3) is 0.533. The number of benzene rings is 1. The molecule has 0 amide bonds. The number of rotatable bonds is 4. The summed E-state index contributed by atoms with van der Waals surface area (Å²) in [6, 6.07) is 3.14. The second-order valence-electron chi connectivity index (χ2n) is 5.45. The number of ether oxygens (including phenoxy) is 1. The number of methoxy groups -OCH3 is 1. The first-order valence-electron chi connectivity index (χ1n) is 7.00. The minimum atomic E-state index is -4.50. The molecule has 2 rings (SSSR count). The maximum absolute atomic E-state index is 12.9. The van der Waals surface area contributed by atoms with Crippen LogP contribution >= 0.6 is 0 Å². The van der Waals surface area contributed by atoms with Crippen LogP contribution in [0.2, 0.25) is 0 Å². The molecule has 0 bridgehead atoms. The summed E-state index contributed by atoms with van der Waals surface area (Å²) in [6.07, 6.45) is -4.50. The number of carbonyl (C=O) groups excluding carboxylic acids is 1. The number of ketones is 1. The summed E-state index contributed by atoms with van der Waals surface area (Å²) in [5.74, 6) is -0.287. The molecule has 0 N–H and O–H groups in total. The van der Waals surface area contributed by atoms with Crippen LogP contribution in [0.1, 0.15) is 15.9 Å². The number of halogens is 3. The lowest BCUT2D eigenvalue weighted by Crippen LogP contribution is -2.46. The third-order valence-corrected chi connectivity index (χ3v) is 3.75. The highest BCUT2D eigenvalue weighted by Crippen LogP contribution is 2.32. The van der Waals surface area contributed by atoms with E-state index in [-0.39, 0.29) is 23.6 Å². The van der Waals surface area contributed by atoms with Gasteiger partial charge in [-0.15, -0.1) is 0 Å². The average Bonchev–Trinajstić information content (AvgIpc) is 2.48. The second kappa shape index (κ2) is 6.66. The Balaban J connectivity index is 2.15. The topological polar surface area (TPSA) is 32.8 Å². The Morgan fingerprint density at radius 3 is 2.36 bits per heavy atom. The molecule has 122 valence electrons. The predicted octanol–water partition coefficient (Wildman–Crippen LogP) is 2.14. The van der Waals surface area contributed by atoms with Crippen molar-refractivity contribution in [2.24, 2.45) is 0 Å². The van der Waals surface area contributed by atoms with Crippen LogP contribution < -0.4 is 4.74 Å². The van der Waals surface area contributed by atoms with E-state index in [0.717, 1.165) is 38.3 Å². The Hall–Kier alpha value is -1.60. The molecule has 0 atom stereocenters.